The van der Waals surface area contributed by atoms with Gasteiger partial charge in [0.1, 0.15) is 0 Å². The van der Waals surface area contributed by atoms with Gasteiger partial charge >= 0.3 is 0 Å². The van der Waals surface area contributed by atoms with E-state index in [2.05, 4.69) is 32.1 Å². The van der Waals surface area contributed by atoms with E-state index in [-0.39, 0.29) is 0 Å². The quantitative estimate of drug-likeness (QED) is 0.679. The highest BCUT2D eigenvalue weighted by atomic mass is 32.1. The maximum absolute atomic E-state index is 4.82. The molecule has 2 atom stereocenters. The lowest BCUT2D eigenvalue weighted by Gasteiger charge is -2.24. The van der Waals surface area contributed by atoms with Crippen LogP contribution in [0.1, 0.15) is 48.1 Å². The summed E-state index contributed by atoms with van der Waals surface area (Å²) in [7, 11) is 0. The van der Waals surface area contributed by atoms with Gasteiger partial charge in [0.25, 0.3) is 0 Å². The van der Waals surface area contributed by atoms with Crippen LogP contribution in [0.3, 0.4) is 0 Å². The first-order valence-corrected chi connectivity index (χ1v) is 6.86. The Hall–Kier alpha value is -0.830. The van der Waals surface area contributed by atoms with Crippen molar-refractivity contribution in [3.8, 4) is 0 Å². The lowest BCUT2D eigenvalue weighted by atomic mass is 9.84. The van der Waals surface area contributed by atoms with Gasteiger partial charge in [-0.05, 0) is 38.5 Å². The number of thiazole rings is 1. The summed E-state index contributed by atoms with van der Waals surface area (Å²) in [6.45, 7) is 9.09. The van der Waals surface area contributed by atoms with E-state index in [1.807, 2.05) is 11.3 Å². The second kappa shape index (κ2) is 3.33. The van der Waals surface area contributed by atoms with Crippen LogP contribution in [0.2, 0.25) is 0 Å². The Morgan fingerprint density at radius 2 is 2.06 bits per heavy atom. The van der Waals surface area contributed by atoms with E-state index in [0.29, 0.717) is 5.92 Å². The minimum absolute atomic E-state index is 0.654. The zero-order valence-corrected chi connectivity index (χ0v) is 11.2. The smallest absolute Gasteiger partial charge is 0.194 e. The van der Waals surface area contributed by atoms with Crippen LogP contribution >= 0.6 is 11.3 Å². The first-order chi connectivity index (χ1) is 7.58. The average molecular weight is 234 g/mol. The number of aryl methyl sites for hydroxylation is 2. The molecular formula is C13H18N2S. The van der Waals surface area contributed by atoms with Crippen molar-refractivity contribution in [2.75, 3.05) is 0 Å². The summed E-state index contributed by atoms with van der Waals surface area (Å²) in [6.07, 6.45) is 2.46. The van der Waals surface area contributed by atoms with E-state index in [1.54, 1.807) is 0 Å². The summed E-state index contributed by atoms with van der Waals surface area (Å²) >= 11 is 1.83. The van der Waals surface area contributed by atoms with Crippen LogP contribution in [0.25, 0.3) is 4.96 Å². The molecule has 0 amide bonds. The van der Waals surface area contributed by atoms with Crippen molar-refractivity contribution >= 4 is 16.3 Å². The van der Waals surface area contributed by atoms with Crippen molar-refractivity contribution < 1.29 is 0 Å². The second-order valence-electron chi connectivity index (χ2n) is 5.25. The molecule has 2 unspecified atom stereocenters. The molecule has 0 saturated carbocycles. The van der Waals surface area contributed by atoms with Crippen molar-refractivity contribution in [1.29, 1.82) is 0 Å². The molecule has 3 heteroatoms. The predicted molar refractivity (Wildman–Crippen MR) is 68.4 cm³/mol. The summed E-state index contributed by atoms with van der Waals surface area (Å²) in [6, 6.07) is 0. The summed E-state index contributed by atoms with van der Waals surface area (Å²) in [5, 5.41) is 0. The Morgan fingerprint density at radius 1 is 1.31 bits per heavy atom. The predicted octanol–water partition coefficient (Wildman–Crippen LogP) is 3.70. The average Bonchev–Trinajstić information content (AvgIpc) is 2.65. The number of rotatable bonds is 0. The number of hydrogen-bond acceptors (Lipinski definition) is 2. The lowest BCUT2D eigenvalue weighted by Crippen LogP contribution is -2.16. The third-order valence-corrected chi connectivity index (χ3v) is 4.87. The monoisotopic (exact) mass is 234 g/mol. The molecule has 2 nitrogen and oxygen atoms in total. The maximum atomic E-state index is 4.82. The Kier molecular flexibility index (Phi) is 2.15. The molecule has 0 aromatic carbocycles. The zero-order valence-electron chi connectivity index (χ0n) is 10.4. The topological polar surface area (TPSA) is 17.3 Å². The Bertz CT molecular complexity index is 550. The molecule has 2 aromatic rings. The molecule has 1 aliphatic rings. The van der Waals surface area contributed by atoms with Gasteiger partial charge in [-0.1, -0.05) is 13.8 Å². The summed E-state index contributed by atoms with van der Waals surface area (Å²) in [5.41, 5.74) is 4.21. The molecule has 0 spiro atoms. The number of imidazole rings is 1. The molecule has 1 aliphatic carbocycles. The van der Waals surface area contributed by atoms with Gasteiger partial charge in [-0.25, -0.2) is 4.98 Å². The van der Waals surface area contributed by atoms with Crippen LogP contribution in [0.4, 0.5) is 0 Å². The van der Waals surface area contributed by atoms with Crippen LogP contribution < -0.4 is 0 Å². The van der Waals surface area contributed by atoms with Gasteiger partial charge in [0.15, 0.2) is 4.96 Å². The van der Waals surface area contributed by atoms with E-state index in [0.717, 1.165) is 12.3 Å². The van der Waals surface area contributed by atoms with Gasteiger partial charge in [-0.2, -0.15) is 0 Å². The van der Waals surface area contributed by atoms with Gasteiger partial charge in [-0.15, -0.1) is 11.3 Å². The summed E-state index contributed by atoms with van der Waals surface area (Å²) < 4.78 is 2.39. The van der Waals surface area contributed by atoms with Gasteiger partial charge < -0.3 is 0 Å². The van der Waals surface area contributed by atoms with Crippen molar-refractivity contribution in [1.82, 2.24) is 9.38 Å². The van der Waals surface area contributed by atoms with Crippen LogP contribution in [0, 0.1) is 19.8 Å². The van der Waals surface area contributed by atoms with Crippen LogP contribution in [0.15, 0.2) is 0 Å². The molecule has 0 radical (unpaired) electrons. The Labute approximate surface area is 100 Å². The summed E-state index contributed by atoms with van der Waals surface area (Å²) in [4.78, 5) is 7.41. The van der Waals surface area contributed by atoms with Gasteiger partial charge in [0.2, 0.25) is 0 Å². The Balaban J connectivity index is 2.30. The number of hydrogen-bond donors (Lipinski definition) is 0. The molecule has 0 saturated heterocycles. The first kappa shape index (κ1) is 10.3. The number of nitrogens with zero attached hydrogens (tertiary/aromatic N) is 2. The minimum atomic E-state index is 0.654. The first-order valence-electron chi connectivity index (χ1n) is 6.05. The van der Waals surface area contributed by atoms with E-state index >= 15 is 0 Å². The van der Waals surface area contributed by atoms with Crippen molar-refractivity contribution in [3.63, 3.8) is 0 Å². The third kappa shape index (κ3) is 1.27. The SMILES string of the molecule is Cc1sc2nc3c(n2c1C)C(C)CC(C)C3. The largest absolute Gasteiger partial charge is 0.291 e. The highest BCUT2D eigenvalue weighted by Crippen LogP contribution is 2.37. The fourth-order valence-corrected chi connectivity index (χ4v) is 3.99. The molecule has 0 bridgehead atoms. The lowest BCUT2D eigenvalue weighted by molar-refractivity contribution is 0.437. The molecular weight excluding hydrogens is 216 g/mol. The third-order valence-electron chi connectivity index (χ3n) is 3.81. The van der Waals surface area contributed by atoms with E-state index in [4.69, 9.17) is 4.98 Å². The van der Waals surface area contributed by atoms with Crippen molar-refractivity contribution in [2.45, 2.75) is 46.5 Å². The van der Waals surface area contributed by atoms with E-state index < -0.39 is 0 Å². The molecule has 0 fully saturated rings. The number of fused-ring (bicyclic) bond motifs is 3. The van der Waals surface area contributed by atoms with Gasteiger partial charge in [-0.3, -0.25) is 4.40 Å². The normalized spacial score (nSPS) is 25.0. The van der Waals surface area contributed by atoms with Gasteiger partial charge in [0.05, 0.1) is 5.69 Å². The highest BCUT2D eigenvalue weighted by molar-refractivity contribution is 7.17. The Morgan fingerprint density at radius 3 is 2.81 bits per heavy atom. The fourth-order valence-electron chi connectivity index (χ4n) is 3.00. The van der Waals surface area contributed by atoms with Crippen LogP contribution in [-0.4, -0.2) is 9.38 Å². The van der Waals surface area contributed by atoms with Crippen molar-refractivity contribution in [3.05, 3.63) is 22.0 Å². The molecule has 16 heavy (non-hydrogen) atoms. The number of aromatic nitrogens is 2. The van der Waals surface area contributed by atoms with E-state index in [9.17, 15) is 0 Å². The van der Waals surface area contributed by atoms with Gasteiger partial charge in [0, 0.05) is 16.3 Å². The van der Waals surface area contributed by atoms with Crippen molar-refractivity contribution in [2.24, 2.45) is 5.92 Å². The zero-order chi connectivity index (χ0) is 11.4. The standard InChI is InChI=1S/C13H18N2S/c1-7-5-8(2)12-11(6-7)14-13-15(12)9(3)10(4)16-13/h7-8H,5-6H2,1-4H3. The second-order valence-corrected chi connectivity index (χ2v) is 6.43. The molecule has 3 rings (SSSR count). The minimum Gasteiger partial charge on any atom is -0.291 e. The molecule has 0 N–H and O–H groups in total. The molecule has 86 valence electrons. The molecule has 2 heterocycles. The van der Waals surface area contributed by atoms with Crippen LogP contribution in [-0.2, 0) is 6.42 Å². The highest BCUT2D eigenvalue weighted by Gasteiger charge is 2.27. The van der Waals surface area contributed by atoms with E-state index in [1.165, 1.54) is 33.3 Å². The molecule has 0 aliphatic heterocycles. The fraction of sp³-hybridized carbons (Fsp3) is 0.615. The summed E-state index contributed by atoms with van der Waals surface area (Å²) in [5.74, 6) is 1.44. The molecule has 2 aromatic heterocycles. The van der Waals surface area contributed by atoms with Crippen LogP contribution in [0.5, 0.6) is 0 Å². The maximum Gasteiger partial charge on any atom is 0.194 e.